The third-order valence-electron chi connectivity index (χ3n) is 2.46. The summed E-state index contributed by atoms with van der Waals surface area (Å²) < 4.78 is 2.08. The van der Waals surface area contributed by atoms with E-state index in [1.54, 1.807) is 0 Å². The first-order chi connectivity index (χ1) is 6.83. The highest BCUT2D eigenvalue weighted by molar-refractivity contribution is 5.10. The average Bonchev–Trinajstić information content (AvgIpc) is 2.58. The van der Waals surface area contributed by atoms with E-state index in [1.165, 1.54) is 24.2 Å². The molecule has 0 aliphatic carbocycles. The predicted molar refractivity (Wildman–Crippen MR) is 58.3 cm³/mol. The van der Waals surface area contributed by atoms with Gasteiger partial charge in [0, 0.05) is 6.54 Å². The van der Waals surface area contributed by atoms with Crippen molar-refractivity contribution >= 4 is 0 Å². The summed E-state index contributed by atoms with van der Waals surface area (Å²) in [6, 6.07) is 0. The fourth-order valence-electron chi connectivity index (χ4n) is 1.65. The molecule has 80 valence electrons. The van der Waals surface area contributed by atoms with Crippen molar-refractivity contribution in [2.45, 2.75) is 59.4 Å². The molecule has 0 N–H and O–H groups in total. The SMILES string of the molecule is CCCCc1c(CC)nnn1CCC. The van der Waals surface area contributed by atoms with Gasteiger partial charge in [-0.25, -0.2) is 4.68 Å². The molecule has 3 heteroatoms. The van der Waals surface area contributed by atoms with Crippen molar-refractivity contribution in [2.75, 3.05) is 0 Å². The van der Waals surface area contributed by atoms with Crippen LogP contribution in [0.2, 0.25) is 0 Å². The summed E-state index contributed by atoms with van der Waals surface area (Å²) in [5.74, 6) is 0. The lowest BCUT2D eigenvalue weighted by molar-refractivity contribution is 0.548. The summed E-state index contributed by atoms with van der Waals surface area (Å²) >= 11 is 0. The number of rotatable bonds is 6. The monoisotopic (exact) mass is 195 g/mol. The van der Waals surface area contributed by atoms with Gasteiger partial charge in [-0.2, -0.15) is 0 Å². The zero-order valence-electron chi connectivity index (χ0n) is 9.58. The molecule has 0 aliphatic rings. The Morgan fingerprint density at radius 3 is 2.50 bits per heavy atom. The molecule has 0 bridgehead atoms. The Balaban J connectivity index is 2.76. The van der Waals surface area contributed by atoms with E-state index in [-0.39, 0.29) is 0 Å². The number of hydrogen-bond donors (Lipinski definition) is 0. The summed E-state index contributed by atoms with van der Waals surface area (Å²) in [6.07, 6.45) is 5.74. The van der Waals surface area contributed by atoms with Crippen LogP contribution in [0.25, 0.3) is 0 Å². The van der Waals surface area contributed by atoms with Crippen LogP contribution in [0.4, 0.5) is 0 Å². The second kappa shape index (κ2) is 5.78. The Kier molecular flexibility index (Phi) is 4.63. The molecule has 0 saturated carbocycles. The molecule has 0 saturated heterocycles. The molecular weight excluding hydrogens is 174 g/mol. The van der Waals surface area contributed by atoms with Gasteiger partial charge in [0.05, 0.1) is 11.4 Å². The van der Waals surface area contributed by atoms with Crippen molar-refractivity contribution in [3.63, 3.8) is 0 Å². The van der Waals surface area contributed by atoms with Gasteiger partial charge in [-0.05, 0) is 25.7 Å². The number of unbranched alkanes of at least 4 members (excludes halogenated alkanes) is 1. The Hall–Kier alpha value is -0.860. The topological polar surface area (TPSA) is 30.7 Å². The first-order valence-corrected chi connectivity index (χ1v) is 5.74. The molecule has 0 aliphatic heterocycles. The van der Waals surface area contributed by atoms with Crippen molar-refractivity contribution < 1.29 is 0 Å². The molecule has 3 nitrogen and oxygen atoms in total. The Morgan fingerprint density at radius 1 is 1.14 bits per heavy atom. The molecule has 0 amide bonds. The van der Waals surface area contributed by atoms with Crippen molar-refractivity contribution in [2.24, 2.45) is 0 Å². The summed E-state index contributed by atoms with van der Waals surface area (Å²) in [5, 5.41) is 8.42. The third kappa shape index (κ3) is 2.56. The van der Waals surface area contributed by atoms with E-state index in [4.69, 9.17) is 0 Å². The molecular formula is C11H21N3. The lowest BCUT2D eigenvalue weighted by Gasteiger charge is -2.05. The average molecular weight is 195 g/mol. The number of nitrogens with zero attached hydrogens (tertiary/aromatic N) is 3. The molecule has 1 aromatic rings. The molecule has 1 rings (SSSR count). The highest BCUT2D eigenvalue weighted by Gasteiger charge is 2.09. The lowest BCUT2D eigenvalue weighted by Crippen LogP contribution is -2.05. The largest absolute Gasteiger partial charge is 0.249 e. The first-order valence-electron chi connectivity index (χ1n) is 5.74. The minimum Gasteiger partial charge on any atom is -0.249 e. The van der Waals surface area contributed by atoms with Crippen molar-refractivity contribution in [1.82, 2.24) is 15.0 Å². The van der Waals surface area contributed by atoms with Crippen LogP contribution in [0.3, 0.4) is 0 Å². The van der Waals surface area contributed by atoms with Crippen LogP contribution in [0.15, 0.2) is 0 Å². The van der Waals surface area contributed by atoms with Crippen molar-refractivity contribution in [1.29, 1.82) is 0 Å². The first kappa shape index (κ1) is 11.2. The third-order valence-corrected chi connectivity index (χ3v) is 2.46. The molecule has 0 spiro atoms. The maximum atomic E-state index is 4.22. The van der Waals surface area contributed by atoms with E-state index in [2.05, 4.69) is 35.8 Å². The molecule has 14 heavy (non-hydrogen) atoms. The maximum absolute atomic E-state index is 4.22. The van der Waals surface area contributed by atoms with Gasteiger partial charge in [-0.1, -0.05) is 32.4 Å². The molecule has 0 unspecified atom stereocenters. The minimum atomic E-state index is 1.00. The van der Waals surface area contributed by atoms with Crippen molar-refractivity contribution in [3.05, 3.63) is 11.4 Å². The molecule has 0 atom stereocenters. The zero-order valence-corrected chi connectivity index (χ0v) is 9.58. The number of aromatic nitrogens is 3. The summed E-state index contributed by atoms with van der Waals surface area (Å²) in [7, 11) is 0. The normalized spacial score (nSPS) is 10.8. The van der Waals surface area contributed by atoms with Crippen LogP contribution in [-0.4, -0.2) is 15.0 Å². The highest BCUT2D eigenvalue weighted by Crippen LogP contribution is 2.10. The maximum Gasteiger partial charge on any atom is 0.0856 e. The summed E-state index contributed by atoms with van der Waals surface area (Å²) in [4.78, 5) is 0. The van der Waals surface area contributed by atoms with Crippen LogP contribution in [0.1, 0.15) is 51.4 Å². The number of aryl methyl sites for hydroxylation is 2. The lowest BCUT2D eigenvalue weighted by atomic mass is 10.1. The Morgan fingerprint density at radius 2 is 1.93 bits per heavy atom. The van der Waals surface area contributed by atoms with Gasteiger partial charge >= 0.3 is 0 Å². The second-order valence-electron chi connectivity index (χ2n) is 3.66. The van der Waals surface area contributed by atoms with Gasteiger partial charge in [-0.15, -0.1) is 5.10 Å². The number of hydrogen-bond acceptors (Lipinski definition) is 2. The van der Waals surface area contributed by atoms with Gasteiger partial charge in [0.15, 0.2) is 0 Å². The smallest absolute Gasteiger partial charge is 0.0856 e. The molecule has 0 radical (unpaired) electrons. The highest BCUT2D eigenvalue weighted by atomic mass is 15.4. The predicted octanol–water partition coefficient (Wildman–Crippen LogP) is 2.59. The summed E-state index contributed by atoms with van der Waals surface area (Å²) in [6.45, 7) is 7.55. The molecule has 1 heterocycles. The van der Waals surface area contributed by atoms with Gasteiger partial charge in [0.2, 0.25) is 0 Å². The van der Waals surface area contributed by atoms with Crippen LogP contribution in [-0.2, 0) is 19.4 Å². The van der Waals surface area contributed by atoms with E-state index in [0.717, 1.165) is 25.8 Å². The quantitative estimate of drug-likeness (QED) is 0.698. The van der Waals surface area contributed by atoms with Crippen molar-refractivity contribution in [3.8, 4) is 0 Å². The molecule has 0 fully saturated rings. The van der Waals surface area contributed by atoms with Gasteiger partial charge < -0.3 is 0 Å². The van der Waals surface area contributed by atoms with E-state index in [1.807, 2.05) is 0 Å². The van der Waals surface area contributed by atoms with E-state index in [9.17, 15) is 0 Å². The Labute approximate surface area is 86.5 Å². The second-order valence-corrected chi connectivity index (χ2v) is 3.66. The van der Waals surface area contributed by atoms with Crippen LogP contribution >= 0.6 is 0 Å². The minimum absolute atomic E-state index is 1.00. The summed E-state index contributed by atoms with van der Waals surface area (Å²) in [5.41, 5.74) is 2.54. The standard InChI is InChI=1S/C11H21N3/c1-4-7-8-11-10(6-3)12-13-14(11)9-5-2/h4-9H2,1-3H3. The van der Waals surface area contributed by atoms with Crippen LogP contribution in [0.5, 0.6) is 0 Å². The van der Waals surface area contributed by atoms with Gasteiger partial charge in [0.1, 0.15) is 0 Å². The van der Waals surface area contributed by atoms with Gasteiger partial charge in [0.25, 0.3) is 0 Å². The van der Waals surface area contributed by atoms with E-state index >= 15 is 0 Å². The van der Waals surface area contributed by atoms with E-state index in [0.29, 0.717) is 0 Å². The zero-order chi connectivity index (χ0) is 10.4. The van der Waals surface area contributed by atoms with Crippen LogP contribution in [0, 0.1) is 0 Å². The van der Waals surface area contributed by atoms with E-state index < -0.39 is 0 Å². The Bertz CT molecular complexity index is 265. The fourth-order valence-corrected chi connectivity index (χ4v) is 1.65. The fraction of sp³-hybridized carbons (Fsp3) is 0.818. The molecule has 0 aromatic carbocycles. The molecule has 1 aromatic heterocycles. The van der Waals surface area contributed by atoms with Gasteiger partial charge in [-0.3, -0.25) is 0 Å². The van der Waals surface area contributed by atoms with Crippen LogP contribution < -0.4 is 0 Å².